The van der Waals surface area contributed by atoms with Gasteiger partial charge in [0.05, 0.1) is 11.3 Å². The van der Waals surface area contributed by atoms with E-state index in [4.69, 9.17) is 0 Å². The van der Waals surface area contributed by atoms with Gasteiger partial charge >= 0.3 is 6.18 Å². The molecule has 0 spiro atoms. The van der Waals surface area contributed by atoms with E-state index in [1.54, 1.807) is 0 Å². The third-order valence-electron chi connectivity index (χ3n) is 2.10. The van der Waals surface area contributed by atoms with Gasteiger partial charge in [0.15, 0.2) is 0 Å². The molecule has 0 radical (unpaired) electrons. The first-order valence-electron chi connectivity index (χ1n) is 4.77. The fraction of sp³-hybridized carbons (Fsp3) is 0.167. The van der Waals surface area contributed by atoms with Crippen molar-refractivity contribution in [2.75, 3.05) is 12.4 Å². The molecule has 92 valence electrons. The molecule has 0 heterocycles. The number of benzene rings is 1. The largest absolute Gasteiger partial charge is 0.418 e. The number of rotatable bonds is 3. The van der Waals surface area contributed by atoms with Gasteiger partial charge in [0.2, 0.25) is 0 Å². The van der Waals surface area contributed by atoms with Gasteiger partial charge in [-0.15, -0.1) is 0 Å². The second-order valence-electron chi connectivity index (χ2n) is 3.26. The molecule has 0 bridgehead atoms. The molecule has 0 fully saturated rings. The van der Waals surface area contributed by atoms with E-state index in [9.17, 15) is 17.6 Å². The number of hydrogen-bond acceptors (Lipinski definition) is 1. The summed E-state index contributed by atoms with van der Waals surface area (Å²) >= 11 is 0. The summed E-state index contributed by atoms with van der Waals surface area (Å²) in [7, 11) is 1.35. The van der Waals surface area contributed by atoms with E-state index in [2.05, 4.69) is 11.9 Å². The first kappa shape index (κ1) is 13.3. The van der Waals surface area contributed by atoms with E-state index in [0.29, 0.717) is 6.07 Å². The summed E-state index contributed by atoms with van der Waals surface area (Å²) in [5, 5.41) is 2.43. The van der Waals surface area contributed by atoms with Crippen LogP contribution >= 0.6 is 0 Å². The summed E-state index contributed by atoms with van der Waals surface area (Å²) < 4.78 is 51.1. The lowest BCUT2D eigenvalue weighted by molar-refractivity contribution is -0.137. The van der Waals surface area contributed by atoms with Crippen LogP contribution in [0.25, 0.3) is 6.08 Å². The van der Waals surface area contributed by atoms with E-state index >= 15 is 0 Å². The fourth-order valence-corrected chi connectivity index (χ4v) is 1.43. The Morgan fingerprint density at radius 3 is 2.41 bits per heavy atom. The Hall–Kier alpha value is -1.78. The van der Waals surface area contributed by atoms with Crippen LogP contribution < -0.4 is 5.32 Å². The highest BCUT2D eigenvalue weighted by Gasteiger charge is 2.34. The van der Waals surface area contributed by atoms with E-state index < -0.39 is 17.6 Å². The van der Waals surface area contributed by atoms with Gasteiger partial charge in [-0.25, -0.2) is 4.39 Å². The molecule has 1 rings (SSSR count). The second kappa shape index (κ2) is 5.03. The summed E-state index contributed by atoms with van der Waals surface area (Å²) in [6, 6.07) is 1.50. The van der Waals surface area contributed by atoms with Crippen LogP contribution in [0, 0.1) is 5.82 Å². The summed E-state index contributed by atoms with van der Waals surface area (Å²) in [5.41, 5.74) is -1.06. The lowest BCUT2D eigenvalue weighted by atomic mass is 10.1. The zero-order valence-corrected chi connectivity index (χ0v) is 9.11. The Labute approximate surface area is 96.5 Å². The van der Waals surface area contributed by atoms with E-state index in [-0.39, 0.29) is 11.3 Å². The first-order chi connectivity index (χ1) is 7.90. The van der Waals surface area contributed by atoms with E-state index in [1.165, 1.54) is 25.3 Å². The zero-order valence-electron chi connectivity index (χ0n) is 9.11. The van der Waals surface area contributed by atoms with Crippen molar-refractivity contribution in [3.63, 3.8) is 0 Å². The molecule has 0 saturated heterocycles. The van der Waals surface area contributed by atoms with Crippen LogP contribution in [0.3, 0.4) is 0 Å². The third kappa shape index (κ3) is 3.09. The molecule has 17 heavy (non-hydrogen) atoms. The van der Waals surface area contributed by atoms with Gasteiger partial charge in [0.1, 0.15) is 5.82 Å². The van der Waals surface area contributed by atoms with Crippen LogP contribution in [0.5, 0.6) is 0 Å². The van der Waals surface area contributed by atoms with Gasteiger partial charge in [-0.05, 0) is 12.1 Å². The maximum absolute atomic E-state index is 13.1. The van der Waals surface area contributed by atoms with Gasteiger partial charge in [-0.1, -0.05) is 24.8 Å². The molecule has 0 aliphatic rings. The van der Waals surface area contributed by atoms with E-state index in [0.717, 1.165) is 6.07 Å². The molecular formula is C12H11F4N. The van der Waals surface area contributed by atoms with Crippen molar-refractivity contribution < 1.29 is 17.6 Å². The highest BCUT2D eigenvalue weighted by Crippen LogP contribution is 2.37. The average molecular weight is 245 g/mol. The standard InChI is InChI=1S/C12H11F4N/c1-3-4-5-8-6-9(13)7-10(11(8)17-2)12(14,15)16/h3-7,17H,1H2,2H3/b5-4-. The van der Waals surface area contributed by atoms with Crippen molar-refractivity contribution in [3.05, 3.63) is 47.8 Å². The van der Waals surface area contributed by atoms with Gasteiger partial charge < -0.3 is 5.32 Å². The number of halogens is 4. The van der Waals surface area contributed by atoms with E-state index in [1.807, 2.05) is 0 Å². The lowest BCUT2D eigenvalue weighted by Gasteiger charge is -2.15. The minimum atomic E-state index is -4.60. The maximum Gasteiger partial charge on any atom is 0.418 e. The Morgan fingerprint density at radius 1 is 1.29 bits per heavy atom. The van der Waals surface area contributed by atoms with Crippen LogP contribution in [0.15, 0.2) is 30.9 Å². The smallest absolute Gasteiger partial charge is 0.387 e. The second-order valence-corrected chi connectivity index (χ2v) is 3.26. The van der Waals surface area contributed by atoms with Crippen LogP contribution in [-0.2, 0) is 6.18 Å². The molecule has 1 aromatic carbocycles. The van der Waals surface area contributed by atoms with Crippen molar-refractivity contribution >= 4 is 11.8 Å². The summed E-state index contributed by atoms with van der Waals surface area (Å²) in [4.78, 5) is 0. The molecule has 1 aromatic rings. The minimum absolute atomic E-state index is 0.125. The van der Waals surface area contributed by atoms with Crippen molar-refractivity contribution in [2.45, 2.75) is 6.18 Å². The minimum Gasteiger partial charge on any atom is -0.387 e. The monoisotopic (exact) mass is 245 g/mol. The number of hydrogen-bond donors (Lipinski definition) is 1. The molecule has 1 nitrogen and oxygen atoms in total. The summed E-state index contributed by atoms with van der Waals surface area (Å²) in [6.45, 7) is 3.40. The number of nitrogens with one attached hydrogen (secondary N) is 1. The predicted octanol–water partition coefficient (Wildman–Crippen LogP) is 4.09. The Morgan fingerprint density at radius 2 is 1.94 bits per heavy atom. The lowest BCUT2D eigenvalue weighted by Crippen LogP contribution is -2.10. The number of allylic oxidation sites excluding steroid dienone is 2. The highest BCUT2D eigenvalue weighted by atomic mass is 19.4. The normalized spacial score (nSPS) is 11.8. The Kier molecular flexibility index (Phi) is 3.93. The van der Waals surface area contributed by atoms with Gasteiger partial charge in [0.25, 0.3) is 0 Å². The van der Waals surface area contributed by atoms with Crippen LogP contribution in [0.2, 0.25) is 0 Å². The van der Waals surface area contributed by atoms with Gasteiger partial charge in [-0.2, -0.15) is 13.2 Å². The average Bonchev–Trinajstić information content (AvgIpc) is 2.24. The molecule has 0 aliphatic carbocycles. The topological polar surface area (TPSA) is 12.0 Å². The molecule has 0 saturated carbocycles. The van der Waals surface area contributed by atoms with Crippen molar-refractivity contribution in [1.29, 1.82) is 0 Å². The molecule has 1 N–H and O–H groups in total. The number of alkyl halides is 3. The SMILES string of the molecule is C=C/C=C\c1cc(F)cc(C(F)(F)F)c1NC. The Balaban J connectivity index is 3.45. The Bertz CT molecular complexity index is 447. The molecule has 0 amide bonds. The van der Waals surface area contributed by atoms with Gasteiger partial charge in [0, 0.05) is 12.6 Å². The number of anilines is 1. The van der Waals surface area contributed by atoms with Gasteiger partial charge in [-0.3, -0.25) is 0 Å². The van der Waals surface area contributed by atoms with Crippen LogP contribution in [-0.4, -0.2) is 7.05 Å². The summed E-state index contributed by atoms with van der Waals surface area (Å²) in [6.07, 6.45) is -0.401. The highest BCUT2D eigenvalue weighted by molar-refractivity contribution is 5.71. The first-order valence-corrected chi connectivity index (χ1v) is 4.77. The maximum atomic E-state index is 13.1. The quantitative estimate of drug-likeness (QED) is 0.624. The molecule has 0 aliphatic heterocycles. The van der Waals surface area contributed by atoms with Crippen molar-refractivity contribution in [2.24, 2.45) is 0 Å². The van der Waals surface area contributed by atoms with Crippen LogP contribution in [0.1, 0.15) is 11.1 Å². The van der Waals surface area contributed by atoms with Crippen molar-refractivity contribution in [1.82, 2.24) is 0 Å². The molecular weight excluding hydrogens is 234 g/mol. The van der Waals surface area contributed by atoms with Crippen LogP contribution in [0.4, 0.5) is 23.2 Å². The fourth-order valence-electron chi connectivity index (χ4n) is 1.43. The molecule has 0 atom stereocenters. The van der Waals surface area contributed by atoms with Crippen molar-refractivity contribution in [3.8, 4) is 0 Å². The molecule has 0 unspecified atom stereocenters. The predicted molar refractivity (Wildman–Crippen MR) is 60.2 cm³/mol. The third-order valence-corrected chi connectivity index (χ3v) is 2.10. The molecule has 5 heteroatoms. The summed E-state index contributed by atoms with van der Waals surface area (Å²) in [5.74, 6) is -0.931. The zero-order chi connectivity index (χ0) is 13.1. The molecule has 0 aromatic heterocycles.